The van der Waals surface area contributed by atoms with Crippen molar-refractivity contribution in [2.45, 2.75) is 38.1 Å². The maximum atomic E-state index is 12.0. The number of likely N-dealkylation sites (N-methyl/N-ethyl adjacent to an activating group) is 1. The Morgan fingerprint density at radius 3 is 1.19 bits per heavy atom. The number of nitriles is 1. The lowest BCUT2D eigenvalue weighted by atomic mass is 10.0. The smallest absolute Gasteiger partial charge is 0.317 e. The molecule has 69 heavy (non-hydrogen) atoms. The van der Waals surface area contributed by atoms with E-state index in [2.05, 4.69) is 4.90 Å². The second-order valence-corrected chi connectivity index (χ2v) is 16.8. The molecule has 1 unspecified atom stereocenters. The molecule has 0 bridgehead atoms. The molecular weight excluding hydrogens is 921 g/mol. The Morgan fingerprint density at radius 2 is 0.870 bits per heavy atom. The molecule has 390 valence electrons. The van der Waals surface area contributed by atoms with Crippen molar-refractivity contribution >= 4 is 59.7 Å². The molecule has 2 heterocycles. The summed E-state index contributed by atoms with van der Waals surface area (Å²) in [5, 5.41) is 36.1. The molecule has 0 radical (unpaired) electrons. The summed E-state index contributed by atoms with van der Waals surface area (Å²) in [4.78, 5) is 105. The highest BCUT2D eigenvalue weighted by molar-refractivity contribution is 8.03. The molecule has 0 saturated carbocycles. The molecule has 13 N–H and O–H groups in total. The lowest BCUT2D eigenvalue weighted by Crippen LogP contribution is -2.54. The Bertz CT molecular complexity index is 1730. The predicted molar refractivity (Wildman–Crippen MR) is 259 cm³/mol. The standard InChI is InChI=1S/C24H37N9O4S.C16H31N5O5.C2H6.CH2O2/c25-17-38-20-3-1-18(2-4-20)11-19-12-32(15-23(28)36)8-7-30(13-21(26)34)5-6-31(14-22(27)35)9-10-33(19)16-24(29)37;1-2-18-3-5-20(12-15(23)24)9-7-19(11-14(17)22)8-10-21(6-4-18)13-16(25)26;1-2;2-1-3/h1-4,19H,5-16H2,(H2,26,34)(H2,27,35)(H2,28,36)(H2,29,37);2-13H2,1H3,(H2,17,22)(H,23,24)(H,25,26);1-2H3;1H,(H,2,3). The van der Waals surface area contributed by atoms with E-state index in [1.54, 1.807) is 0 Å². The van der Waals surface area contributed by atoms with Crippen LogP contribution in [0.3, 0.4) is 0 Å². The van der Waals surface area contributed by atoms with Gasteiger partial charge < -0.3 is 48.9 Å². The fourth-order valence-electron chi connectivity index (χ4n) is 7.46. The number of hydrogen-bond donors (Lipinski definition) is 8. The van der Waals surface area contributed by atoms with Crippen molar-refractivity contribution in [2.75, 3.05) is 151 Å². The van der Waals surface area contributed by atoms with Gasteiger partial charge in [-0.15, -0.1) is 0 Å². The number of nitrogens with zero attached hydrogens (tertiary/aromatic N) is 9. The molecule has 0 aromatic heterocycles. The molecule has 2 saturated heterocycles. The average Bonchev–Trinajstić information content (AvgIpc) is 3.26. The zero-order valence-electron chi connectivity index (χ0n) is 40.4. The second kappa shape index (κ2) is 37.4. The van der Waals surface area contributed by atoms with Crippen molar-refractivity contribution in [3.05, 3.63) is 29.8 Å². The molecule has 1 atom stereocenters. The predicted octanol–water partition coefficient (Wildman–Crippen LogP) is -4.06. The first-order chi connectivity index (χ1) is 32.8. The zero-order chi connectivity index (χ0) is 52.3. The SMILES string of the molecule is CC.CCN1CCN(CC(=O)O)CCN(CC(N)=O)CCN(CC(=O)O)CC1.N#CSc1ccc(CC2CN(CC(N)=O)CCN(CC(N)=O)CCN(CC(N)=O)CCN2CC(N)=O)cc1.O=CO. The molecule has 1 aromatic rings. The van der Waals surface area contributed by atoms with Crippen LogP contribution in [0.1, 0.15) is 26.3 Å². The first-order valence-corrected chi connectivity index (χ1v) is 23.5. The number of primary amides is 5. The Balaban J connectivity index is 0.00000130. The van der Waals surface area contributed by atoms with Crippen molar-refractivity contribution < 1.29 is 53.7 Å². The molecular formula is C43H76N14O11S. The van der Waals surface area contributed by atoms with Gasteiger partial charge in [0.1, 0.15) is 5.40 Å². The molecule has 0 aliphatic carbocycles. The summed E-state index contributed by atoms with van der Waals surface area (Å²) in [6.07, 6.45) is 0.529. The van der Waals surface area contributed by atoms with Gasteiger partial charge in [0, 0.05) is 109 Å². The fraction of sp³-hybridized carbons (Fsp3) is 0.651. The summed E-state index contributed by atoms with van der Waals surface area (Å²) in [6.45, 7) is 14.2. The summed E-state index contributed by atoms with van der Waals surface area (Å²) >= 11 is 1.06. The van der Waals surface area contributed by atoms with Crippen LogP contribution in [0.4, 0.5) is 0 Å². The third-order valence-corrected chi connectivity index (χ3v) is 11.3. The number of thioether (sulfide) groups is 1. The summed E-state index contributed by atoms with van der Waals surface area (Å²) < 4.78 is 0. The van der Waals surface area contributed by atoms with E-state index in [1.807, 2.05) is 84.7 Å². The van der Waals surface area contributed by atoms with Crippen molar-refractivity contribution in [3.8, 4) is 5.40 Å². The highest BCUT2D eigenvalue weighted by Crippen LogP contribution is 2.19. The summed E-state index contributed by atoms with van der Waals surface area (Å²) in [5.74, 6) is -4.18. The van der Waals surface area contributed by atoms with E-state index < -0.39 is 41.5 Å². The van der Waals surface area contributed by atoms with E-state index in [4.69, 9.17) is 54.0 Å². The molecule has 5 amide bonds. The van der Waals surface area contributed by atoms with Gasteiger partial charge in [-0.2, -0.15) is 5.26 Å². The molecule has 2 aliphatic rings. The van der Waals surface area contributed by atoms with E-state index in [-0.39, 0.29) is 58.3 Å². The lowest BCUT2D eigenvalue weighted by molar-refractivity contribution is -0.139. The number of rotatable bonds is 18. The monoisotopic (exact) mass is 997 g/mol. The molecule has 2 fully saturated rings. The normalized spacial score (nSPS) is 18.4. The Kier molecular flexibility index (Phi) is 34.4. The van der Waals surface area contributed by atoms with Crippen LogP contribution >= 0.6 is 11.8 Å². The number of aliphatic carboxylic acids is 2. The van der Waals surface area contributed by atoms with Crippen LogP contribution in [-0.2, 0) is 44.8 Å². The van der Waals surface area contributed by atoms with Crippen molar-refractivity contribution in [1.82, 2.24) is 39.2 Å². The van der Waals surface area contributed by atoms with Crippen LogP contribution in [0.5, 0.6) is 0 Å². The quantitative estimate of drug-likeness (QED) is 0.0394. The number of carboxylic acid groups (broad SMARTS) is 3. The van der Waals surface area contributed by atoms with Crippen molar-refractivity contribution in [3.63, 3.8) is 0 Å². The number of carbonyl (C=O) groups excluding carboxylic acids is 5. The third kappa shape index (κ3) is 32.0. The maximum absolute atomic E-state index is 12.0. The van der Waals surface area contributed by atoms with Crippen LogP contribution in [-0.4, -0.2) is 259 Å². The van der Waals surface area contributed by atoms with E-state index in [1.165, 1.54) is 0 Å². The maximum Gasteiger partial charge on any atom is 0.317 e. The van der Waals surface area contributed by atoms with Gasteiger partial charge in [0.05, 0.1) is 45.8 Å². The van der Waals surface area contributed by atoms with E-state index >= 15 is 0 Å². The van der Waals surface area contributed by atoms with Crippen LogP contribution in [0, 0.1) is 10.7 Å². The van der Waals surface area contributed by atoms with Crippen LogP contribution in [0.15, 0.2) is 29.2 Å². The van der Waals surface area contributed by atoms with Crippen molar-refractivity contribution in [2.24, 2.45) is 28.7 Å². The summed E-state index contributed by atoms with van der Waals surface area (Å²) in [6, 6.07) is 7.31. The van der Waals surface area contributed by atoms with Gasteiger partial charge in [-0.25, -0.2) is 0 Å². The molecule has 2 aliphatic heterocycles. The molecule has 26 heteroatoms. The highest BCUT2D eigenvalue weighted by atomic mass is 32.2. The number of carboxylic acids is 2. The molecule has 1 aromatic carbocycles. The minimum atomic E-state index is -0.880. The average molecular weight is 997 g/mol. The summed E-state index contributed by atoms with van der Waals surface area (Å²) in [5.41, 5.74) is 28.3. The van der Waals surface area contributed by atoms with E-state index in [0.717, 1.165) is 28.8 Å². The molecule has 0 spiro atoms. The number of hydrogen-bond acceptors (Lipinski definition) is 18. The van der Waals surface area contributed by atoms with Gasteiger partial charge in [-0.1, -0.05) is 32.9 Å². The number of thiocyanates is 1. The minimum absolute atomic E-state index is 0.00310. The van der Waals surface area contributed by atoms with Gasteiger partial charge in [-0.05, 0) is 42.4 Å². The second-order valence-electron chi connectivity index (χ2n) is 15.9. The van der Waals surface area contributed by atoms with Gasteiger partial charge in [0.2, 0.25) is 29.5 Å². The van der Waals surface area contributed by atoms with Crippen LogP contribution in [0.25, 0.3) is 0 Å². The van der Waals surface area contributed by atoms with Gasteiger partial charge in [0.25, 0.3) is 6.47 Å². The minimum Gasteiger partial charge on any atom is -0.483 e. The number of amides is 5. The number of benzene rings is 1. The Hall–Kier alpha value is -5.50. The lowest BCUT2D eigenvalue weighted by Gasteiger charge is -2.38. The third-order valence-electron chi connectivity index (χ3n) is 10.7. The number of nitrogens with two attached hydrogens (primary N) is 5. The van der Waals surface area contributed by atoms with E-state index in [0.29, 0.717) is 105 Å². The van der Waals surface area contributed by atoms with Crippen LogP contribution < -0.4 is 28.7 Å². The van der Waals surface area contributed by atoms with Gasteiger partial charge >= 0.3 is 11.9 Å². The van der Waals surface area contributed by atoms with Crippen LogP contribution in [0.2, 0.25) is 0 Å². The molecule has 3 rings (SSSR count). The van der Waals surface area contributed by atoms with Gasteiger partial charge in [0.15, 0.2) is 0 Å². The molecule has 25 nitrogen and oxygen atoms in total. The Labute approximate surface area is 409 Å². The largest absolute Gasteiger partial charge is 0.483 e. The fourth-order valence-corrected chi connectivity index (χ4v) is 7.84. The van der Waals surface area contributed by atoms with Crippen molar-refractivity contribution in [1.29, 1.82) is 5.26 Å². The first kappa shape index (κ1) is 63.5. The van der Waals surface area contributed by atoms with E-state index in [9.17, 15) is 33.6 Å². The topological polar surface area (TPSA) is 377 Å². The van der Waals surface area contributed by atoms with Gasteiger partial charge in [-0.3, -0.25) is 72.7 Å². The summed E-state index contributed by atoms with van der Waals surface area (Å²) in [7, 11) is 0. The number of carbonyl (C=O) groups is 8. The highest BCUT2D eigenvalue weighted by Gasteiger charge is 2.27. The zero-order valence-corrected chi connectivity index (χ0v) is 41.2. The Morgan fingerprint density at radius 1 is 0.565 bits per heavy atom. The first-order valence-electron chi connectivity index (χ1n) is 22.7.